The van der Waals surface area contributed by atoms with E-state index in [-0.39, 0.29) is 17.5 Å². The topological polar surface area (TPSA) is 84.1 Å². The molecule has 1 fully saturated rings. The van der Waals surface area contributed by atoms with Gasteiger partial charge in [0.05, 0.1) is 12.3 Å². The number of amides is 1. The molecule has 1 heterocycles. The molecule has 0 saturated heterocycles. The smallest absolute Gasteiger partial charge is 0.264 e. The maximum Gasteiger partial charge on any atom is 0.264 e. The van der Waals surface area contributed by atoms with Crippen molar-refractivity contribution in [2.45, 2.75) is 57.1 Å². The number of hydrogen-bond donors (Lipinski definition) is 2. The molecule has 2 aliphatic carbocycles. The molecule has 4 rings (SSSR count). The molecule has 2 aromatic rings. The summed E-state index contributed by atoms with van der Waals surface area (Å²) in [6.45, 7) is 0.625. The number of carbonyl (C=O) groups is 1. The van der Waals surface area contributed by atoms with Crippen LogP contribution in [0.5, 0.6) is 0 Å². The molecule has 148 valence electrons. The van der Waals surface area contributed by atoms with Crippen LogP contribution in [0.4, 0.5) is 0 Å². The summed E-state index contributed by atoms with van der Waals surface area (Å²) in [5.74, 6) is 0.453. The van der Waals surface area contributed by atoms with E-state index in [0.29, 0.717) is 18.9 Å². The summed E-state index contributed by atoms with van der Waals surface area (Å²) >= 11 is 0. The first-order chi connectivity index (χ1) is 13.7. The molecule has 2 N–H and O–H groups in total. The average molecular weight is 381 g/mol. The summed E-state index contributed by atoms with van der Waals surface area (Å²) in [4.78, 5) is 24.6. The molecule has 0 bridgehead atoms. The zero-order valence-electron chi connectivity index (χ0n) is 16.0. The van der Waals surface area contributed by atoms with E-state index in [0.717, 1.165) is 29.7 Å². The number of nitrogens with zero attached hydrogens (tertiary/aromatic N) is 1. The number of fused-ring (bicyclic) bond motifs is 1. The van der Waals surface area contributed by atoms with Gasteiger partial charge in [-0.1, -0.05) is 43.2 Å². The van der Waals surface area contributed by atoms with Crippen molar-refractivity contribution in [3.63, 3.8) is 0 Å². The van der Waals surface area contributed by atoms with Gasteiger partial charge < -0.3 is 10.1 Å². The number of carbonyl (C=O) groups excluding carboxylic acids is 1. The van der Waals surface area contributed by atoms with Crippen LogP contribution in [0.3, 0.4) is 0 Å². The van der Waals surface area contributed by atoms with Gasteiger partial charge in [-0.25, -0.2) is 5.10 Å². The molecule has 6 heteroatoms. The third-order valence-corrected chi connectivity index (χ3v) is 5.83. The zero-order valence-corrected chi connectivity index (χ0v) is 16.0. The van der Waals surface area contributed by atoms with Gasteiger partial charge in [0.25, 0.3) is 11.5 Å². The third-order valence-electron chi connectivity index (χ3n) is 5.83. The van der Waals surface area contributed by atoms with Crippen molar-refractivity contribution in [2.75, 3.05) is 6.61 Å². The molecular weight excluding hydrogens is 354 g/mol. The van der Waals surface area contributed by atoms with Gasteiger partial charge in [0.2, 0.25) is 0 Å². The van der Waals surface area contributed by atoms with Gasteiger partial charge in [-0.15, -0.1) is 0 Å². The zero-order chi connectivity index (χ0) is 19.3. The van der Waals surface area contributed by atoms with Crippen molar-refractivity contribution in [1.29, 1.82) is 0 Å². The minimum Gasteiger partial charge on any atom is -0.363 e. The van der Waals surface area contributed by atoms with E-state index < -0.39 is 6.10 Å². The maximum absolute atomic E-state index is 13.1. The van der Waals surface area contributed by atoms with E-state index >= 15 is 0 Å². The number of benzene rings is 1. The molecule has 0 radical (unpaired) electrons. The quantitative estimate of drug-likeness (QED) is 0.806. The molecule has 0 aliphatic heterocycles. The largest absolute Gasteiger partial charge is 0.363 e. The fraction of sp³-hybridized carbons (Fsp3) is 0.500. The standard InChI is InChI=1S/C22H27N3O3/c26-20-13-17-12-18(10-11-19(17)24-25-20)23-22(27)21(16-8-2-1-3-9-16)28-14-15-6-4-5-7-15/h1-3,8-9,13,15,18,21H,4-7,10-12,14H2,(H,23,27)(H,25,26). The Kier molecular flexibility index (Phi) is 5.86. The van der Waals surface area contributed by atoms with Crippen LogP contribution in [0, 0.1) is 5.92 Å². The first-order valence-corrected chi connectivity index (χ1v) is 10.2. The Labute approximate surface area is 164 Å². The predicted octanol–water partition coefficient (Wildman–Crippen LogP) is 2.69. The molecule has 1 aromatic carbocycles. The third kappa shape index (κ3) is 4.50. The molecule has 28 heavy (non-hydrogen) atoms. The summed E-state index contributed by atoms with van der Waals surface area (Å²) in [7, 11) is 0. The molecule has 1 saturated carbocycles. The Bertz CT molecular complexity index is 859. The summed E-state index contributed by atoms with van der Waals surface area (Å²) in [5, 5.41) is 9.75. The van der Waals surface area contributed by atoms with Crippen LogP contribution in [-0.4, -0.2) is 28.8 Å². The van der Waals surface area contributed by atoms with Crippen LogP contribution in [-0.2, 0) is 22.4 Å². The highest BCUT2D eigenvalue weighted by Gasteiger charge is 2.28. The van der Waals surface area contributed by atoms with Crippen molar-refractivity contribution in [3.8, 4) is 0 Å². The number of hydrogen-bond acceptors (Lipinski definition) is 4. The number of H-pyrrole nitrogens is 1. The fourth-order valence-corrected chi connectivity index (χ4v) is 4.30. The van der Waals surface area contributed by atoms with Crippen LogP contribution in [0.1, 0.15) is 55.0 Å². The highest BCUT2D eigenvalue weighted by atomic mass is 16.5. The Hall–Kier alpha value is -2.47. The van der Waals surface area contributed by atoms with Gasteiger partial charge in [-0.3, -0.25) is 9.59 Å². The molecule has 1 amide bonds. The summed E-state index contributed by atoms with van der Waals surface area (Å²) < 4.78 is 6.12. The van der Waals surface area contributed by atoms with E-state index in [2.05, 4.69) is 15.5 Å². The van der Waals surface area contributed by atoms with Gasteiger partial charge >= 0.3 is 0 Å². The van der Waals surface area contributed by atoms with Crippen molar-refractivity contribution in [3.05, 3.63) is 63.6 Å². The van der Waals surface area contributed by atoms with Gasteiger partial charge in [0.1, 0.15) is 0 Å². The van der Waals surface area contributed by atoms with E-state index in [1.165, 1.54) is 25.7 Å². The average Bonchev–Trinajstić information content (AvgIpc) is 3.22. The molecule has 0 spiro atoms. The Morgan fingerprint density at radius 2 is 2.00 bits per heavy atom. The minimum atomic E-state index is -0.597. The number of ether oxygens (including phenoxy) is 1. The molecule has 2 aliphatic rings. The number of aromatic nitrogens is 2. The van der Waals surface area contributed by atoms with E-state index in [1.807, 2.05) is 30.3 Å². The van der Waals surface area contributed by atoms with Crippen LogP contribution >= 0.6 is 0 Å². The molecule has 6 nitrogen and oxygen atoms in total. The Morgan fingerprint density at radius 1 is 1.21 bits per heavy atom. The van der Waals surface area contributed by atoms with Crippen molar-refractivity contribution in [2.24, 2.45) is 5.92 Å². The van der Waals surface area contributed by atoms with Crippen LogP contribution < -0.4 is 10.9 Å². The van der Waals surface area contributed by atoms with Crippen LogP contribution in [0.2, 0.25) is 0 Å². The highest BCUT2D eigenvalue weighted by Crippen LogP contribution is 2.28. The van der Waals surface area contributed by atoms with Crippen LogP contribution in [0.15, 0.2) is 41.2 Å². The normalized spacial score (nSPS) is 20.5. The number of aromatic amines is 1. The summed E-state index contributed by atoms with van der Waals surface area (Å²) in [6, 6.07) is 11.3. The van der Waals surface area contributed by atoms with E-state index in [1.54, 1.807) is 6.07 Å². The number of aryl methyl sites for hydroxylation is 1. The van der Waals surface area contributed by atoms with Crippen LogP contribution in [0.25, 0.3) is 0 Å². The Balaban J connectivity index is 1.43. The van der Waals surface area contributed by atoms with Gasteiger partial charge in [0, 0.05) is 12.1 Å². The van der Waals surface area contributed by atoms with Gasteiger partial charge in [0.15, 0.2) is 6.10 Å². The predicted molar refractivity (Wildman–Crippen MR) is 106 cm³/mol. The van der Waals surface area contributed by atoms with Gasteiger partial charge in [-0.05, 0) is 49.1 Å². The first kappa shape index (κ1) is 18.9. The number of nitrogens with one attached hydrogen (secondary N) is 2. The summed E-state index contributed by atoms with van der Waals surface area (Å²) in [6.07, 6.45) is 6.46. The molecule has 2 unspecified atom stereocenters. The lowest BCUT2D eigenvalue weighted by atomic mass is 9.92. The second-order valence-corrected chi connectivity index (χ2v) is 7.93. The van der Waals surface area contributed by atoms with E-state index in [9.17, 15) is 9.59 Å². The monoisotopic (exact) mass is 381 g/mol. The second kappa shape index (κ2) is 8.69. The highest BCUT2D eigenvalue weighted by molar-refractivity contribution is 5.82. The molecular formula is C22H27N3O3. The number of rotatable bonds is 6. The lowest BCUT2D eigenvalue weighted by Gasteiger charge is -2.27. The minimum absolute atomic E-state index is 0.00936. The fourth-order valence-electron chi connectivity index (χ4n) is 4.30. The van der Waals surface area contributed by atoms with Crippen molar-refractivity contribution in [1.82, 2.24) is 15.5 Å². The molecule has 2 atom stereocenters. The lowest BCUT2D eigenvalue weighted by molar-refractivity contribution is -0.135. The lowest BCUT2D eigenvalue weighted by Crippen LogP contribution is -2.42. The second-order valence-electron chi connectivity index (χ2n) is 7.93. The van der Waals surface area contributed by atoms with Gasteiger partial charge in [-0.2, -0.15) is 5.10 Å². The van der Waals surface area contributed by atoms with E-state index in [4.69, 9.17) is 4.74 Å². The molecule has 1 aromatic heterocycles. The van der Waals surface area contributed by atoms with Crippen molar-refractivity contribution >= 4 is 5.91 Å². The Morgan fingerprint density at radius 3 is 2.79 bits per heavy atom. The van der Waals surface area contributed by atoms with Crippen molar-refractivity contribution < 1.29 is 9.53 Å². The first-order valence-electron chi connectivity index (χ1n) is 10.2. The summed E-state index contributed by atoms with van der Waals surface area (Å²) in [5.41, 5.74) is 2.52. The SMILES string of the molecule is O=C(NC1CCc2n[nH]c(=O)cc2C1)C(OCC1CCCC1)c1ccccc1. The maximum atomic E-state index is 13.1.